The van der Waals surface area contributed by atoms with Crippen LogP contribution in [-0.2, 0) is 14.3 Å². The molecule has 0 fully saturated rings. The molecule has 1 amide bonds. The number of thiol groups is 1. The maximum atomic E-state index is 13.0. The summed E-state index contributed by atoms with van der Waals surface area (Å²) in [7, 11) is 1.44. The van der Waals surface area contributed by atoms with Crippen molar-refractivity contribution in [3.63, 3.8) is 0 Å². The van der Waals surface area contributed by atoms with Gasteiger partial charge in [0.05, 0.1) is 19.5 Å². The zero-order valence-corrected chi connectivity index (χ0v) is 22.2. The van der Waals surface area contributed by atoms with Crippen molar-refractivity contribution in [3.05, 3.63) is 78.4 Å². The van der Waals surface area contributed by atoms with E-state index in [2.05, 4.69) is 17.9 Å². The number of anilines is 1. The third-order valence-electron chi connectivity index (χ3n) is 5.26. The van der Waals surface area contributed by atoms with Gasteiger partial charge in [0.1, 0.15) is 11.9 Å². The molecule has 0 unspecified atom stereocenters. The molecule has 0 aliphatic carbocycles. The van der Waals surface area contributed by atoms with Crippen LogP contribution in [0.4, 0.5) is 10.5 Å². The van der Waals surface area contributed by atoms with Gasteiger partial charge in [-0.1, -0.05) is 24.3 Å². The number of rotatable bonds is 12. The first-order chi connectivity index (χ1) is 17.9. The van der Waals surface area contributed by atoms with Gasteiger partial charge >= 0.3 is 12.1 Å². The second-order valence-corrected chi connectivity index (χ2v) is 8.94. The van der Waals surface area contributed by atoms with E-state index in [9.17, 15) is 14.7 Å². The van der Waals surface area contributed by atoms with Gasteiger partial charge < -0.3 is 24.1 Å². The number of para-hydroxylation sites is 1. The minimum atomic E-state index is -0.975. The maximum absolute atomic E-state index is 13.0. The first-order valence-electron chi connectivity index (χ1n) is 11.4. The zero-order valence-electron chi connectivity index (χ0n) is 20.5. The van der Waals surface area contributed by atoms with Crippen molar-refractivity contribution in [2.75, 3.05) is 31.0 Å². The highest BCUT2D eigenvalue weighted by Gasteiger charge is 2.30. The lowest BCUT2D eigenvalue weighted by molar-refractivity contribution is -0.141. The summed E-state index contributed by atoms with van der Waals surface area (Å²) in [5, 5.41) is 13.1. The zero-order chi connectivity index (χ0) is 26.6. The van der Waals surface area contributed by atoms with Gasteiger partial charge in [-0.2, -0.15) is 12.6 Å². The van der Waals surface area contributed by atoms with Crippen LogP contribution in [-0.4, -0.2) is 49.0 Å². The highest BCUT2D eigenvalue weighted by molar-refractivity contribution is 7.98. The van der Waals surface area contributed by atoms with Crippen LogP contribution < -0.4 is 14.8 Å². The van der Waals surface area contributed by atoms with Crippen molar-refractivity contribution in [2.24, 2.45) is 0 Å². The third kappa shape index (κ3) is 8.54. The summed E-state index contributed by atoms with van der Waals surface area (Å²) < 4.78 is 22.4. The Balaban J connectivity index is 1.89. The summed E-state index contributed by atoms with van der Waals surface area (Å²) in [6.45, 7) is 0.0106. The Morgan fingerprint density at radius 3 is 2.41 bits per heavy atom. The van der Waals surface area contributed by atoms with Crippen molar-refractivity contribution in [1.29, 1.82) is 0 Å². The number of phenols is 1. The molecule has 8 nitrogen and oxygen atoms in total. The first-order valence-corrected chi connectivity index (χ1v) is 13.3. The fraction of sp³-hybridized carbons (Fsp3) is 0.259. The van der Waals surface area contributed by atoms with Crippen molar-refractivity contribution in [2.45, 2.75) is 23.5 Å². The minimum Gasteiger partial charge on any atom is -0.504 e. The van der Waals surface area contributed by atoms with Gasteiger partial charge in [-0.25, -0.2) is 4.79 Å². The average Bonchev–Trinajstić information content (AvgIpc) is 2.92. The number of nitrogens with one attached hydrogen (secondary N) is 1. The molecule has 3 aromatic rings. The van der Waals surface area contributed by atoms with Gasteiger partial charge in [-0.15, -0.1) is 11.8 Å². The topological polar surface area (TPSA) is 103 Å². The van der Waals surface area contributed by atoms with Crippen LogP contribution in [0, 0.1) is 0 Å². The predicted molar refractivity (Wildman–Crippen MR) is 146 cm³/mol. The summed E-state index contributed by atoms with van der Waals surface area (Å²) in [5.41, 5.74) is 1.02. The Hall–Kier alpha value is -3.50. The molecule has 196 valence electrons. The molecular weight excluding hydrogens is 514 g/mol. The van der Waals surface area contributed by atoms with Gasteiger partial charge in [-0.3, -0.25) is 10.1 Å². The number of benzene rings is 3. The number of ether oxygens (including phenoxy) is 4. The Morgan fingerprint density at radius 2 is 1.78 bits per heavy atom. The number of amides is 1. The molecule has 3 rings (SSSR count). The Labute approximate surface area is 225 Å². The summed E-state index contributed by atoms with van der Waals surface area (Å²) in [6, 6.07) is 21.0. The molecule has 10 heteroatoms. The Bertz CT molecular complexity index is 1160. The smallest absolute Gasteiger partial charge is 0.412 e. The number of hydrogen-bond donors (Lipinski definition) is 3. The van der Waals surface area contributed by atoms with Crippen LogP contribution >= 0.6 is 24.4 Å². The van der Waals surface area contributed by atoms with E-state index in [1.165, 1.54) is 13.2 Å². The van der Waals surface area contributed by atoms with E-state index in [4.69, 9.17) is 18.9 Å². The molecule has 37 heavy (non-hydrogen) atoms. The monoisotopic (exact) mass is 543 g/mol. The second kappa shape index (κ2) is 14.3. The van der Waals surface area contributed by atoms with Crippen LogP contribution in [0.15, 0.2) is 77.7 Å². The summed E-state index contributed by atoms with van der Waals surface area (Å²) >= 11 is 5.52. The number of esters is 1. The van der Waals surface area contributed by atoms with Crippen molar-refractivity contribution in [1.82, 2.24) is 0 Å². The molecule has 0 bridgehead atoms. The molecular formula is C27H29NO7S2. The molecule has 0 radical (unpaired) electrons. The second-order valence-electron chi connectivity index (χ2n) is 7.75. The van der Waals surface area contributed by atoms with E-state index in [0.29, 0.717) is 17.0 Å². The molecule has 0 aliphatic rings. The van der Waals surface area contributed by atoms with Crippen LogP contribution in [0.5, 0.6) is 17.2 Å². The number of hydrogen-bond acceptors (Lipinski definition) is 9. The van der Waals surface area contributed by atoms with Crippen LogP contribution in [0.1, 0.15) is 18.1 Å². The number of methoxy groups -OCH3 is 1. The SMILES string of the molecule is COc1ccc([C@H](OC(=O)Nc2ccc(SC)cc2)[C@H](CCOC(=O)CS)Oc2ccccc2)cc1O. The lowest BCUT2D eigenvalue weighted by atomic mass is 10.0. The van der Waals surface area contributed by atoms with E-state index in [-0.39, 0.29) is 30.3 Å². The molecule has 2 atom stereocenters. The minimum absolute atomic E-state index is 0.0106. The molecule has 3 aromatic carbocycles. The van der Waals surface area contributed by atoms with Crippen LogP contribution in [0.3, 0.4) is 0 Å². The van der Waals surface area contributed by atoms with Crippen molar-refractivity contribution in [3.8, 4) is 17.2 Å². The third-order valence-corrected chi connectivity index (χ3v) is 6.27. The van der Waals surface area contributed by atoms with Gasteiger partial charge in [0, 0.05) is 22.6 Å². The lowest BCUT2D eigenvalue weighted by Gasteiger charge is -2.28. The quantitative estimate of drug-likeness (QED) is 0.151. The highest BCUT2D eigenvalue weighted by Crippen LogP contribution is 2.34. The van der Waals surface area contributed by atoms with Gasteiger partial charge in [0.25, 0.3) is 0 Å². The molecule has 0 spiro atoms. The summed E-state index contributed by atoms with van der Waals surface area (Å²) in [5.74, 6) is 0.139. The average molecular weight is 544 g/mol. The molecule has 0 heterocycles. The standard InChI is InChI=1S/C27H29NO7S2/c1-32-23-13-8-18(16-22(23)29)26(35-27(31)28-19-9-11-21(37-2)12-10-19)24(14-15-33-25(30)17-36)34-20-6-4-3-5-7-20/h3-13,16,24,26,29,36H,14-15,17H2,1-2H3,(H,28,31)/t24-,26-/m0/s1. The number of carbonyl (C=O) groups is 2. The maximum Gasteiger partial charge on any atom is 0.412 e. The number of phenolic OH excluding ortho intramolecular Hbond substituents is 1. The lowest BCUT2D eigenvalue weighted by Crippen LogP contribution is -2.32. The number of carbonyl (C=O) groups excluding carboxylic acids is 2. The fourth-order valence-corrected chi connectivity index (χ4v) is 3.96. The molecule has 0 saturated carbocycles. The van der Waals surface area contributed by atoms with Crippen LogP contribution in [0.2, 0.25) is 0 Å². The van der Waals surface area contributed by atoms with E-state index in [1.807, 2.05) is 36.6 Å². The van der Waals surface area contributed by atoms with Gasteiger partial charge in [0.15, 0.2) is 17.6 Å². The molecule has 0 aliphatic heterocycles. The fourth-order valence-electron chi connectivity index (χ4n) is 3.46. The Kier molecular flexibility index (Phi) is 10.8. The van der Waals surface area contributed by atoms with E-state index >= 15 is 0 Å². The molecule has 0 saturated heterocycles. The summed E-state index contributed by atoms with van der Waals surface area (Å²) in [6.07, 6.45) is -0.302. The van der Waals surface area contributed by atoms with Gasteiger partial charge in [-0.05, 0) is 54.8 Å². The first kappa shape index (κ1) is 28.1. The van der Waals surface area contributed by atoms with E-state index < -0.39 is 24.3 Å². The normalized spacial score (nSPS) is 12.2. The Morgan fingerprint density at radius 1 is 1.05 bits per heavy atom. The number of thioether (sulfide) groups is 1. The van der Waals surface area contributed by atoms with Crippen LogP contribution in [0.25, 0.3) is 0 Å². The van der Waals surface area contributed by atoms with E-state index in [1.54, 1.807) is 48.2 Å². The van der Waals surface area contributed by atoms with E-state index in [0.717, 1.165) is 4.90 Å². The van der Waals surface area contributed by atoms with Gasteiger partial charge in [0.2, 0.25) is 0 Å². The summed E-state index contributed by atoms with van der Waals surface area (Å²) in [4.78, 5) is 25.7. The van der Waals surface area contributed by atoms with Crippen molar-refractivity contribution >= 4 is 42.1 Å². The largest absolute Gasteiger partial charge is 0.504 e. The number of aromatic hydroxyl groups is 1. The highest BCUT2D eigenvalue weighted by atomic mass is 32.2. The predicted octanol–water partition coefficient (Wildman–Crippen LogP) is 5.72. The molecule has 0 aromatic heterocycles. The van der Waals surface area contributed by atoms with Crippen molar-refractivity contribution < 1.29 is 33.6 Å². The molecule has 2 N–H and O–H groups in total.